The van der Waals surface area contributed by atoms with Crippen LogP contribution in [0, 0.1) is 12.7 Å². The Balaban J connectivity index is 2.69. The molecule has 96 valence electrons. The van der Waals surface area contributed by atoms with Crippen molar-refractivity contribution in [2.75, 3.05) is 12.8 Å². The number of hydrogen-bond acceptors (Lipinski definition) is 2. The summed E-state index contributed by atoms with van der Waals surface area (Å²) in [4.78, 5) is 0. The molecule has 0 aliphatic heterocycles. The highest BCUT2D eigenvalue weighted by Crippen LogP contribution is 2.23. The molecule has 0 saturated carbocycles. The first-order chi connectivity index (χ1) is 8.08. The van der Waals surface area contributed by atoms with Gasteiger partial charge in [0.25, 0.3) is 0 Å². The molecule has 17 heavy (non-hydrogen) atoms. The van der Waals surface area contributed by atoms with Crippen molar-refractivity contribution < 1.29 is 4.39 Å². The van der Waals surface area contributed by atoms with Gasteiger partial charge in [0, 0.05) is 17.0 Å². The summed E-state index contributed by atoms with van der Waals surface area (Å²) in [5, 5.41) is 3.97. The molecule has 1 aromatic carbocycles. The van der Waals surface area contributed by atoms with Crippen LogP contribution in [0.15, 0.2) is 18.2 Å². The van der Waals surface area contributed by atoms with Gasteiger partial charge in [0.2, 0.25) is 0 Å². The number of thioether (sulfide) groups is 1. The average Bonchev–Trinajstić information content (AvgIpc) is 2.33. The molecule has 1 N–H and O–H groups in total. The number of rotatable bonds is 6. The van der Waals surface area contributed by atoms with E-state index in [-0.39, 0.29) is 5.82 Å². The molecule has 0 bridgehead atoms. The summed E-state index contributed by atoms with van der Waals surface area (Å²) < 4.78 is 13.2. The molecule has 0 aliphatic rings. The molecule has 0 radical (unpaired) electrons. The number of nitrogens with one attached hydrogen (secondary N) is 1. The minimum atomic E-state index is -0.127. The van der Waals surface area contributed by atoms with Gasteiger partial charge in [0.1, 0.15) is 5.82 Å². The van der Waals surface area contributed by atoms with Crippen LogP contribution in [0.2, 0.25) is 0 Å². The van der Waals surface area contributed by atoms with Crippen LogP contribution in [-0.4, -0.2) is 18.1 Å². The smallest absolute Gasteiger partial charge is 0.126 e. The van der Waals surface area contributed by atoms with E-state index >= 15 is 0 Å². The van der Waals surface area contributed by atoms with E-state index in [2.05, 4.69) is 19.2 Å². The molecule has 1 aromatic rings. The van der Waals surface area contributed by atoms with Gasteiger partial charge < -0.3 is 5.32 Å². The summed E-state index contributed by atoms with van der Waals surface area (Å²) in [5.41, 5.74) is 1.89. The summed E-state index contributed by atoms with van der Waals surface area (Å²) in [5.74, 6) is 0.898. The second-order valence-corrected chi connectivity index (χ2v) is 5.87. The van der Waals surface area contributed by atoms with E-state index in [0.29, 0.717) is 11.3 Å². The first kappa shape index (κ1) is 14.5. The molecule has 1 nitrogen and oxygen atoms in total. The normalized spacial score (nSPS) is 14.6. The average molecular weight is 255 g/mol. The minimum Gasteiger partial charge on any atom is -0.312 e. The maximum absolute atomic E-state index is 13.2. The number of halogens is 1. The molecule has 2 unspecified atom stereocenters. The van der Waals surface area contributed by atoms with Crippen molar-refractivity contribution in [3.8, 4) is 0 Å². The van der Waals surface area contributed by atoms with E-state index in [0.717, 1.165) is 11.3 Å². The van der Waals surface area contributed by atoms with Crippen molar-refractivity contribution in [3.63, 3.8) is 0 Å². The molecule has 0 aliphatic carbocycles. The maximum Gasteiger partial charge on any atom is 0.126 e. The fourth-order valence-corrected chi connectivity index (χ4v) is 2.73. The molecule has 0 heterocycles. The highest BCUT2D eigenvalue weighted by atomic mass is 32.2. The van der Waals surface area contributed by atoms with Crippen molar-refractivity contribution in [2.24, 2.45) is 0 Å². The van der Waals surface area contributed by atoms with Crippen LogP contribution >= 0.6 is 11.8 Å². The van der Waals surface area contributed by atoms with Crippen molar-refractivity contribution >= 4 is 11.8 Å². The van der Waals surface area contributed by atoms with Gasteiger partial charge in [-0.05, 0) is 37.6 Å². The Bertz CT molecular complexity index is 354. The zero-order chi connectivity index (χ0) is 12.8. The van der Waals surface area contributed by atoms with Crippen LogP contribution in [-0.2, 0) is 0 Å². The monoisotopic (exact) mass is 255 g/mol. The third kappa shape index (κ3) is 4.32. The van der Waals surface area contributed by atoms with Crippen LogP contribution in [0.25, 0.3) is 0 Å². The van der Waals surface area contributed by atoms with Crippen LogP contribution < -0.4 is 5.32 Å². The lowest BCUT2D eigenvalue weighted by Crippen LogP contribution is -2.20. The van der Waals surface area contributed by atoms with Crippen LogP contribution in [0.1, 0.15) is 37.4 Å². The zero-order valence-corrected chi connectivity index (χ0v) is 11.9. The van der Waals surface area contributed by atoms with E-state index in [1.807, 2.05) is 37.9 Å². The second-order valence-electron chi connectivity index (χ2n) is 4.40. The Morgan fingerprint density at radius 1 is 1.41 bits per heavy atom. The predicted octanol–water partition coefficient (Wildman–Crippen LogP) is 3.93. The van der Waals surface area contributed by atoms with Gasteiger partial charge in [-0.25, -0.2) is 4.39 Å². The third-order valence-corrected chi connectivity index (χ3v) is 4.48. The Morgan fingerprint density at radius 2 is 2.12 bits per heavy atom. The first-order valence-corrected chi connectivity index (χ1v) is 7.18. The number of benzene rings is 1. The lowest BCUT2D eigenvalue weighted by molar-refractivity contribution is 0.611. The van der Waals surface area contributed by atoms with Crippen molar-refractivity contribution in [3.05, 3.63) is 35.1 Å². The highest BCUT2D eigenvalue weighted by Gasteiger charge is 2.12. The lowest BCUT2D eigenvalue weighted by Gasteiger charge is -2.19. The molecule has 0 spiro atoms. The molecular weight excluding hydrogens is 233 g/mol. The van der Waals surface area contributed by atoms with Crippen LogP contribution in [0.4, 0.5) is 4.39 Å². The van der Waals surface area contributed by atoms with Gasteiger partial charge >= 0.3 is 0 Å². The minimum absolute atomic E-state index is 0.127. The SMILES string of the molecule is CCC(C)SCC(NC)c1ccc(F)c(C)c1. The van der Waals surface area contributed by atoms with E-state index in [1.165, 1.54) is 12.0 Å². The van der Waals surface area contributed by atoms with Crippen molar-refractivity contribution in [1.29, 1.82) is 0 Å². The number of aryl methyl sites for hydroxylation is 1. The van der Waals surface area contributed by atoms with E-state index in [9.17, 15) is 4.39 Å². The highest BCUT2D eigenvalue weighted by molar-refractivity contribution is 7.99. The van der Waals surface area contributed by atoms with Gasteiger partial charge in [-0.15, -0.1) is 0 Å². The molecule has 2 atom stereocenters. The molecule has 1 rings (SSSR count). The quantitative estimate of drug-likeness (QED) is 0.826. The lowest BCUT2D eigenvalue weighted by atomic mass is 10.1. The van der Waals surface area contributed by atoms with Gasteiger partial charge in [-0.2, -0.15) is 11.8 Å². The predicted molar refractivity (Wildman–Crippen MR) is 75.1 cm³/mol. The third-order valence-electron chi connectivity index (χ3n) is 3.06. The summed E-state index contributed by atoms with van der Waals surface area (Å²) in [7, 11) is 1.96. The maximum atomic E-state index is 13.2. The van der Waals surface area contributed by atoms with Crippen molar-refractivity contribution in [2.45, 2.75) is 38.5 Å². The summed E-state index contributed by atoms with van der Waals surface area (Å²) in [6.45, 7) is 6.26. The van der Waals surface area contributed by atoms with E-state index < -0.39 is 0 Å². The van der Waals surface area contributed by atoms with Crippen LogP contribution in [0.5, 0.6) is 0 Å². The standard InChI is InChI=1S/C14H22FNS/c1-5-11(3)17-9-14(16-4)12-6-7-13(15)10(2)8-12/h6-8,11,14,16H,5,9H2,1-4H3. The molecular formula is C14H22FNS. The summed E-state index contributed by atoms with van der Waals surface area (Å²) >= 11 is 1.96. The van der Waals surface area contributed by atoms with Gasteiger partial charge in [-0.1, -0.05) is 26.0 Å². The summed E-state index contributed by atoms with van der Waals surface area (Å²) in [6.07, 6.45) is 1.18. The Morgan fingerprint density at radius 3 is 2.65 bits per heavy atom. The van der Waals surface area contributed by atoms with E-state index in [1.54, 1.807) is 6.07 Å². The zero-order valence-electron chi connectivity index (χ0n) is 11.1. The fraction of sp³-hybridized carbons (Fsp3) is 0.571. The molecule has 0 fully saturated rings. The molecule has 0 aromatic heterocycles. The Kier molecular flexibility index (Phi) is 6.00. The Labute approximate surface area is 108 Å². The van der Waals surface area contributed by atoms with Crippen molar-refractivity contribution in [1.82, 2.24) is 5.32 Å². The van der Waals surface area contributed by atoms with Gasteiger partial charge in [0.05, 0.1) is 0 Å². The fourth-order valence-electron chi connectivity index (χ4n) is 1.61. The summed E-state index contributed by atoms with van der Waals surface area (Å²) in [6, 6.07) is 5.67. The molecule has 0 saturated heterocycles. The largest absolute Gasteiger partial charge is 0.312 e. The molecule has 0 amide bonds. The second kappa shape index (κ2) is 7.02. The first-order valence-electron chi connectivity index (χ1n) is 6.13. The van der Waals surface area contributed by atoms with Crippen LogP contribution in [0.3, 0.4) is 0 Å². The topological polar surface area (TPSA) is 12.0 Å². The Hall–Kier alpha value is -0.540. The van der Waals surface area contributed by atoms with Gasteiger partial charge in [-0.3, -0.25) is 0 Å². The van der Waals surface area contributed by atoms with E-state index in [4.69, 9.17) is 0 Å². The molecule has 3 heteroatoms. The van der Waals surface area contributed by atoms with Gasteiger partial charge in [0.15, 0.2) is 0 Å². The number of hydrogen-bond donors (Lipinski definition) is 1.